The van der Waals surface area contributed by atoms with E-state index in [-0.39, 0.29) is 11.8 Å². The maximum atomic E-state index is 6.16. The molecule has 3 atom stereocenters. The smallest absolute Gasteiger partial charge is 0.113 e. The first-order valence-electron chi connectivity index (χ1n) is 4.56. The maximum absolute atomic E-state index is 6.16. The zero-order valence-corrected chi connectivity index (χ0v) is 8.51. The van der Waals surface area contributed by atoms with Gasteiger partial charge >= 0.3 is 0 Å². The molecule has 1 saturated heterocycles. The summed E-state index contributed by atoms with van der Waals surface area (Å²) in [6.45, 7) is 5.21. The molecule has 1 aliphatic heterocycles. The second-order valence-corrected chi connectivity index (χ2v) is 3.92. The van der Waals surface area contributed by atoms with E-state index < -0.39 is 0 Å². The molecule has 1 fully saturated rings. The Balaban J connectivity index is 2.48. The van der Waals surface area contributed by atoms with Crippen molar-refractivity contribution < 1.29 is 0 Å². The first-order chi connectivity index (χ1) is 5.65. The molecule has 4 heteroatoms. The number of hydrogen-bond acceptors (Lipinski definition) is 3. The summed E-state index contributed by atoms with van der Waals surface area (Å²) in [5.41, 5.74) is 5.97. The number of nitrogens with two attached hydrogens (primary N) is 1. The molecule has 0 amide bonds. The number of halogens is 1. The predicted octanol–water partition coefficient (Wildman–Crippen LogP) is 0.887. The highest BCUT2D eigenvalue weighted by molar-refractivity contribution is 6.20. The quantitative estimate of drug-likeness (QED) is 0.503. The molecular formula is C8H18ClN3. The van der Waals surface area contributed by atoms with Crippen LogP contribution in [0, 0.1) is 0 Å². The third-order valence-corrected chi connectivity index (χ3v) is 2.63. The Morgan fingerprint density at radius 3 is 2.83 bits per heavy atom. The number of nitrogens with one attached hydrogen (secondary N) is 1. The maximum Gasteiger partial charge on any atom is 0.113 e. The van der Waals surface area contributed by atoms with E-state index in [0.29, 0.717) is 6.04 Å². The van der Waals surface area contributed by atoms with Crippen LogP contribution in [0.2, 0.25) is 0 Å². The van der Waals surface area contributed by atoms with Crippen LogP contribution in [-0.2, 0) is 0 Å². The Morgan fingerprint density at radius 1 is 1.67 bits per heavy atom. The van der Waals surface area contributed by atoms with Gasteiger partial charge in [0.2, 0.25) is 0 Å². The highest BCUT2D eigenvalue weighted by Crippen LogP contribution is 2.18. The second-order valence-electron chi connectivity index (χ2n) is 3.42. The van der Waals surface area contributed by atoms with E-state index >= 15 is 0 Å². The van der Waals surface area contributed by atoms with E-state index in [0.717, 1.165) is 19.4 Å². The average molecular weight is 192 g/mol. The van der Waals surface area contributed by atoms with Gasteiger partial charge in [0.25, 0.3) is 0 Å². The fourth-order valence-electron chi connectivity index (χ4n) is 1.59. The van der Waals surface area contributed by atoms with E-state index in [4.69, 9.17) is 17.3 Å². The largest absolute Gasteiger partial charge is 0.303 e. The Labute approximate surface area is 79.2 Å². The molecular weight excluding hydrogens is 174 g/mol. The van der Waals surface area contributed by atoms with Crippen LogP contribution in [0.4, 0.5) is 0 Å². The van der Waals surface area contributed by atoms with Gasteiger partial charge in [0.05, 0.1) is 5.50 Å². The summed E-state index contributed by atoms with van der Waals surface area (Å²) < 4.78 is 0. The predicted molar refractivity (Wildman–Crippen MR) is 51.8 cm³/mol. The summed E-state index contributed by atoms with van der Waals surface area (Å²) >= 11 is 6.16. The first-order valence-corrected chi connectivity index (χ1v) is 5.00. The van der Waals surface area contributed by atoms with Crippen molar-refractivity contribution in [1.82, 2.24) is 10.2 Å². The van der Waals surface area contributed by atoms with E-state index in [1.807, 2.05) is 0 Å². The molecule has 0 aromatic rings. The van der Waals surface area contributed by atoms with Gasteiger partial charge in [0, 0.05) is 12.6 Å². The summed E-state index contributed by atoms with van der Waals surface area (Å²) in [6.07, 6.45) is 1.98. The van der Waals surface area contributed by atoms with Crippen LogP contribution in [0.25, 0.3) is 0 Å². The molecule has 1 heterocycles. The molecule has 3 N–H and O–H groups in total. The number of rotatable bonds is 2. The molecule has 0 bridgehead atoms. The van der Waals surface area contributed by atoms with E-state index in [9.17, 15) is 0 Å². The van der Waals surface area contributed by atoms with Gasteiger partial charge in [-0.05, 0) is 19.8 Å². The van der Waals surface area contributed by atoms with E-state index in [2.05, 4.69) is 24.1 Å². The molecule has 0 aromatic carbocycles. The number of nitrogens with zero attached hydrogens (tertiary/aromatic N) is 1. The van der Waals surface area contributed by atoms with Gasteiger partial charge in [-0.15, -0.1) is 11.6 Å². The molecule has 1 aliphatic rings. The molecule has 0 aromatic heterocycles. The van der Waals surface area contributed by atoms with Crippen molar-refractivity contribution >= 4 is 11.6 Å². The van der Waals surface area contributed by atoms with Crippen molar-refractivity contribution in [2.24, 2.45) is 5.73 Å². The first kappa shape index (κ1) is 10.3. The van der Waals surface area contributed by atoms with Crippen LogP contribution in [-0.4, -0.2) is 29.3 Å². The molecule has 1 rings (SSSR count). The molecule has 3 nitrogen and oxygen atoms in total. The van der Waals surface area contributed by atoms with Crippen molar-refractivity contribution in [1.29, 1.82) is 0 Å². The standard InChI is InChI=1S/C8H18ClN3/c1-3-4-12-7(9)5-6(2)11-8(12)10/h6-8,11H,3-5,10H2,1-2H3. The minimum absolute atomic E-state index is 0.0730. The van der Waals surface area contributed by atoms with Crippen LogP contribution < -0.4 is 11.1 Å². The summed E-state index contributed by atoms with van der Waals surface area (Å²) in [7, 11) is 0. The SMILES string of the molecule is CCCN1C(Cl)CC(C)NC1N. The zero-order valence-electron chi connectivity index (χ0n) is 7.76. The lowest BCUT2D eigenvalue weighted by atomic mass is 10.1. The van der Waals surface area contributed by atoms with Crippen LogP contribution in [0.5, 0.6) is 0 Å². The topological polar surface area (TPSA) is 41.3 Å². The molecule has 12 heavy (non-hydrogen) atoms. The van der Waals surface area contributed by atoms with Gasteiger partial charge in [0.15, 0.2) is 0 Å². The Bertz CT molecular complexity index is 130. The fourth-order valence-corrected chi connectivity index (χ4v) is 2.08. The third kappa shape index (κ3) is 2.33. The van der Waals surface area contributed by atoms with Crippen molar-refractivity contribution in [3.8, 4) is 0 Å². The molecule has 0 saturated carbocycles. The monoisotopic (exact) mass is 191 g/mol. The van der Waals surface area contributed by atoms with Gasteiger partial charge in [-0.25, -0.2) is 0 Å². The van der Waals surface area contributed by atoms with Gasteiger partial charge in [-0.2, -0.15) is 0 Å². The normalized spacial score (nSPS) is 38.5. The molecule has 0 aliphatic carbocycles. The Kier molecular flexibility index (Phi) is 3.77. The third-order valence-electron chi connectivity index (χ3n) is 2.20. The average Bonchev–Trinajstić information content (AvgIpc) is 1.96. The lowest BCUT2D eigenvalue weighted by molar-refractivity contribution is 0.0916. The van der Waals surface area contributed by atoms with Crippen molar-refractivity contribution in [2.75, 3.05) is 6.54 Å². The summed E-state index contributed by atoms with van der Waals surface area (Å²) in [5.74, 6) is 0. The van der Waals surface area contributed by atoms with Crippen molar-refractivity contribution in [3.05, 3.63) is 0 Å². The second kappa shape index (κ2) is 4.42. The van der Waals surface area contributed by atoms with Crippen LogP contribution >= 0.6 is 11.6 Å². The van der Waals surface area contributed by atoms with Gasteiger partial charge < -0.3 is 5.73 Å². The van der Waals surface area contributed by atoms with Crippen molar-refractivity contribution in [3.63, 3.8) is 0 Å². The van der Waals surface area contributed by atoms with Crippen LogP contribution in [0.1, 0.15) is 26.7 Å². The fraction of sp³-hybridized carbons (Fsp3) is 1.00. The lowest BCUT2D eigenvalue weighted by Gasteiger charge is -2.40. The highest BCUT2D eigenvalue weighted by Gasteiger charge is 2.28. The number of alkyl halides is 1. The summed E-state index contributed by atoms with van der Waals surface area (Å²) in [6, 6.07) is 0.426. The lowest BCUT2D eigenvalue weighted by Crippen LogP contribution is -2.62. The van der Waals surface area contributed by atoms with E-state index in [1.165, 1.54) is 0 Å². The molecule has 72 valence electrons. The van der Waals surface area contributed by atoms with Crippen molar-refractivity contribution in [2.45, 2.75) is 44.5 Å². The number of hydrogen-bond donors (Lipinski definition) is 2. The van der Waals surface area contributed by atoms with Gasteiger partial charge in [-0.3, -0.25) is 10.2 Å². The molecule has 0 spiro atoms. The Hall–Kier alpha value is 0.170. The van der Waals surface area contributed by atoms with Gasteiger partial charge in [-0.1, -0.05) is 6.92 Å². The minimum Gasteiger partial charge on any atom is -0.303 e. The summed E-state index contributed by atoms with van der Waals surface area (Å²) in [5, 5.41) is 3.26. The Morgan fingerprint density at radius 2 is 2.33 bits per heavy atom. The minimum atomic E-state index is -0.0730. The van der Waals surface area contributed by atoms with Crippen LogP contribution in [0.15, 0.2) is 0 Å². The summed E-state index contributed by atoms with van der Waals surface area (Å²) in [4.78, 5) is 2.10. The van der Waals surface area contributed by atoms with Crippen LogP contribution in [0.3, 0.4) is 0 Å². The molecule has 0 radical (unpaired) electrons. The van der Waals surface area contributed by atoms with Gasteiger partial charge in [0.1, 0.15) is 6.29 Å². The zero-order chi connectivity index (χ0) is 9.14. The molecule has 3 unspecified atom stereocenters. The highest BCUT2D eigenvalue weighted by atomic mass is 35.5. The van der Waals surface area contributed by atoms with E-state index in [1.54, 1.807) is 0 Å².